The van der Waals surface area contributed by atoms with Gasteiger partial charge in [-0.25, -0.2) is 0 Å². The van der Waals surface area contributed by atoms with Gasteiger partial charge in [-0.05, 0) is 25.5 Å². The van der Waals surface area contributed by atoms with Gasteiger partial charge in [-0.1, -0.05) is 12.5 Å². The van der Waals surface area contributed by atoms with E-state index in [1.54, 1.807) is 14.2 Å². The second-order valence-corrected chi connectivity index (χ2v) is 4.98. The summed E-state index contributed by atoms with van der Waals surface area (Å²) in [7, 11) is 3.33. The third kappa shape index (κ3) is 3.39. The Morgan fingerprint density at radius 1 is 1.26 bits per heavy atom. The van der Waals surface area contributed by atoms with Crippen LogP contribution in [0, 0.1) is 0 Å². The molecule has 0 unspecified atom stereocenters. The van der Waals surface area contributed by atoms with Gasteiger partial charge in [-0.2, -0.15) is 0 Å². The molecule has 2 rings (SSSR count). The Morgan fingerprint density at radius 3 is 2.79 bits per heavy atom. The fourth-order valence-electron chi connectivity index (χ4n) is 2.68. The summed E-state index contributed by atoms with van der Waals surface area (Å²) in [5.41, 5.74) is 1.14. The number of rotatable bonds is 5. The van der Waals surface area contributed by atoms with E-state index in [1.165, 1.54) is 12.8 Å². The minimum atomic E-state index is 0.235. The van der Waals surface area contributed by atoms with Crippen LogP contribution in [-0.4, -0.2) is 43.4 Å². The molecule has 1 atom stereocenters. The van der Waals surface area contributed by atoms with E-state index >= 15 is 0 Å². The predicted octanol–water partition coefficient (Wildman–Crippen LogP) is 2.05. The van der Waals surface area contributed by atoms with Crippen molar-refractivity contribution in [3.05, 3.63) is 23.8 Å². The molecule has 0 radical (unpaired) electrons. The molecule has 1 saturated heterocycles. The van der Waals surface area contributed by atoms with Gasteiger partial charge < -0.3 is 14.6 Å². The van der Waals surface area contributed by atoms with E-state index in [9.17, 15) is 5.11 Å². The summed E-state index contributed by atoms with van der Waals surface area (Å²) in [6.07, 6.45) is 3.49. The summed E-state index contributed by atoms with van der Waals surface area (Å²) in [4.78, 5) is 2.34. The molecule has 0 amide bonds. The van der Waals surface area contributed by atoms with Crippen LogP contribution in [-0.2, 0) is 6.54 Å². The summed E-state index contributed by atoms with van der Waals surface area (Å²) in [6, 6.07) is 6.18. The molecular formula is C15H23NO3. The van der Waals surface area contributed by atoms with Gasteiger partial charge in [0.1, 0.15) is 11.5 Å². The molecule has 0 aliphatic carbocycles. The molecule has 1 aromatic rings. The van der Waals surface area contributed by atoms with Crippen LogP contribution < -0.4 is 9.47 Å². The summed E-state index contributed by atoms with van der Waals surface area (Å²) < 4.78 is 10.6. The highest BCUT2D eigenvalue weighted by Gasteiger charge is 2.22. The number of hydrogen-bond acceptors (Lipinski definition) is 4. The smallest absolute Gasteiger partial charge is 0.127 e. The number of benzene rings is 1. The van der Waals surface area contributed by atoms with Crippen LogP contribution in [0.15, 0.2) is 18.2 Å². The zero-order valence-electron chi connectivity index (χ0n) is 11.8. The van der Waals surface area contributed by atoms with E-state index < -0.39 is 0 Å². The Labute approximate surface area is 114 Å². The first kappa shape index (κ1) is 14.2. The van der Waals surface area contributed by atoms with Crippen LogP contribution in [0.2, 0.25) is 0 Å². The molecule has 1 N–H and O–H groups in total. The number of hydrogen-bond donors (Lipinski definition) is 1. The molecule has 1 fully saturated rings. The SMILES string of the molecule is COc1ccc(CN2CCCC[C@@H]2CO)c(OC)c1. The zero-order chi connectivity index (χ0) is 13.7. The highest BCUT2D eigenvalue weighted by Crippen LogP contribution is 2.28. The largest absolute Gasteiger partial charge is 0.497 e. The van der Waals surface area contributed by atoms with Gasteiger partial charge in [-0.15, -0.1) is 0 Å². The van der Waals surface area contributed by atoms with Crippen molar-refractivity contribution < 1.29 is 14.6 Å². The Bertz CT molecular complexity index is 408. The van der Waals surface area contributed by atoms with Gasteiger partial charge in [0.2, 0.25) is 0 Å². The summed E-state index contributed by atoms with van der Waals surface area (Å²) in [5.74, 6) is 1.65. The van der Waals surface area contributed by atoms with Gasteiger partial charge in [-0.3, -0.25) is 4.90 Å². The molecule has 1 aromatic carbocycles. The number of ether oxygens (including phenoxy) is 2. The molecule has 19 heavy (non-hydrogen) atoms. The number of nitrogens with zero attached hydrogens (tertiary/aromatic N) is 1. The fraction of sp³-hybridized carbons (Fsp3) is 0.600. The monoisotopic (exact) mass is 265 g/mol. The molecule has 1 aliphatic heterocycles. The minimum absolute atomic E-state index is 0.235. The molecule has 106 valence electrons. The van der Waals surface area contributed by atoms with Crippen LogP contribution >= 0.6 is 0 Å². The maximum atomic E-state index is 9.46. The van der Waals surface area contributed by atoms with Gasteiger partial charge >= 0.3 is 0 Å². The Hall–Kier alpha value is -1.26. The second kappa shape index (κ2) is 6.78. The van der Waals surface area contributed by atoms with Gasteiger partial charge in [0.15, 0.2) is 0 Å². The predicted molar refractivity (Wildman–Crippen MR) is 74.7 cm³/mol. The summed E-state index contributed by atoms with van der Waals surface area (Å²) in [6.45, 7) is 2.09. The van der Waals surface area contributed by atoms with Crippen LogP contribution in [0.5, 0.6) is 11.5 Å². The minimum Gasteiger partial charge on any atom is -0.497 e. The van der Waals surface area contributed by atoms with Crippen LogP contribution in [0.3, 0.4) is 0 Å². The van der Waals surface area contributed by atoms with E-state index in [0.29, 0.717) is 0 Å². The molecule has 0 aromatic heterocycles. The Kier molecular flexibility index (Phi) is 5.05. The molecule has 0 bridgehead atoms. The zero-order valence-corrected chi connectivity index (χ0v) is 11.8. The average molecular weight is 265 g/mol. The molecule has 0 saturated carbocycles. The van der Waals surface area contributed by atoms with Crippen molar-refractivity contribution in [3.8, 4) is 11.5 Å². The van der Waals surface area contributed by atoms with Gasteiger partial charge in [0.05, 0.1) is 20.8 Å². The van der Waals surface area contributed by atoms with Gasteiger partial charge in [0.25, 0.3) is 0 Å². The number of aliphatic hydroxyl groups is 1. The van der Waals surface area contributed by atoms with E-state index in [1.807, 2.05) is 18.2 Å². The summed E-state index contributed by atoms with van der Waals surface area (Å²) in [5, 5.41) is 9.46. The van der Waals surface area contributed by atoms with E-state index in [-0.39, 0.29) is 12.6 Å². The van der Waals surface area contributed by atoms with Crippen LogP contribution in [0.4, 0.5) is 0 Å². The van der Waals surface area contributed by atoms with E-state index in [0.717, 1.165) is 36.6 Å². The molecule has 4 nitrogen and oxygen atoms in total. The first-order valence-corrected chi connectivity index (χ1v) is 6.84. The third-order valence-corrected chi connectivity index (χ3v) is 3.83. The van der Waals surface area contributed by atoms with E-state index in [2.05, 4.69) is 4.90 Å². The maximum Gasteiger partial charge on any atom is 0.127 e. The van der Waals surface area contributed by atoms with Crippen molar-refractivity contribution in [1.29, 1.82) is 0 Å². The van der Waals surface area contributed by atoms with Crippen molar-refractivity contribution in [1.82, 2.24) is 4.90 Å². The number of piperidine rings is 1. The van der Waals surface area contributed by atoms with Crippen LogP contribution in [0.1, 0.15) is 24.8 Å². The molecule has 4 heteroatoms. The first-order valence-electron chi connectivity index (χ1n) is 6.84. The summed E-state index contributed by atoms with van der Waals surface area (Å²) >= 11 is 0. The lowest BCUT2D eigenvalue weighted by molar-refractivity contribution is 0.0834. The molecular weight excluding hydrogens is 242 g/mol. The topological polar surface area (TPSA) is 41.9 Å². The van der Waals surface area contributed by atoms with Crippen molar-refractivity contribution in [2.75, 3.05) is 27.4 Å². The van der Waals surface area contributed by atoms with Crippen molar-refractivity contribution in [2.45, 2.75) is 31.8 Å². The van der Waals surface area contributed by atoms with Gasteiger partial charge in [0, 0.05) is 24.2 Å². The first-order chi connectivity index (χ1) is 9.28. The second-order valence-electron chi connectivity index (χ2n) is 4.98. The lowest BCUT2D eigenvalue weighted by atomic mass is 10.0. The lowest BCUT2D eigenvalue weighted by Gasteiger charge is -2.34. The van der Waals surface area contributed by atoms with Crippen LogP contribution in [0.25, 0.3) is 0 Å². The third-order valence-electron chi connectivity index (χ3n) is 3.83. The van der Waals surface area contributed by atoms with Crippen molar-refractivity contribution in [2.24, 2.45) is 0 Å². The molecule has 1 aliphatic rings. The quantitative estimate of drug-likeness (QED) is 0.885. The number of methoxy groups -OCH3 is 2. The molecule has 0 spiro atoms. The number of likely N-dealkylation sites (tertiary alicyclic amines) is 1. The Morgan fingerprint density at radius 2 is 2.11 bits per heavy atom. The van der Waals surface area contributed by atoms with Crippen molar-refractivity contribution in [3.63, 3.8) is 0 Å². The van der Waals surface area contributed by atoms with E-state index in [4.69, 9.17) is 9.47 Å². The standard InChI is InChI=1S/C15H23NO3/c1-18-14-7-6-12(15(9-14)19-2)10-16-8-4-3-5-13(16)11-17/h6-7,9,13,17H,3-5,8,10-11H2,1-2H3/t13-/m1/s1. The molecule has 1 heterocycles. The highest BCUT2D eigenvalue weighted by atomic mass is 16.5. The lowest BCUT2D eigenvalue weighted by Crippen LogP contribution is -2.41. The fourth-order valence-corrected chi connectivity index (χ4v) is 2.68. The normalized spacial score (nSPS) is 20.3. The maximum absolute atomic E-state index is 9.46. The average Bonchev–Trinajstić information content (AvgIpc) is 2.48. The highest BCUT2D eigenvalue weighted by molar-refractivity contribution is 5.40. The Balaban J connectivity index is 2.12. The number of aliphatic hydroxyl groups excluding tert-OH is 1. The van der Waals surface area contributed by atoms with Crippen molar-refractivity contribution >= 4 is 0 Å².